The van der Waals surface area contributed by atoms with E-state index in [1.165, 1.54) is 27.4 Å². The smallest absolute Gasteiger partial charge is 0.162 e. The van der Waals surface area contributed by atoms with Gasteiger partial charge in [-0.05, 0) is 47.2 Å². The first-order valence-electron chi connectivity index (χ1n) is 12.3. The number of anilines is 3. The third kappa shape index (κ3) is 2.67. The topological polar surface area (TPSA) is 32.6 Å². The van der Waals surface area contributed by atoms with E-state index in [4.69, 9.17) is 4.99 Å². The average Bonchev–Trinajstić information content (AvgIpc) is 3.44. The molecule has 0 bridgehead atoms. The predicted octanol–water partition coefficient (Wildman–Crippen LogP) is 7.81. The molecule has 2 aliphatic rings. The highest BCUT2D eigenvalue weighted by molar-refractivity contribution is 6.21. The van der Waals surface area contributed by atoms with E-state index >= 15 is 0 Å². The van der Waals surface area contributed by atoms with Gasteiger partial charge in [-0.2, -0.15) is 0 Å². The Kier molecular flexibility index (Phi) is 3.97. The second kappa shape index (κ2) is 7.33. The molecule has 1 N–H and O–H groups in total. The lowest BCUT2D eigenvalue weighted by Gasteiger charge is -2.31. The van der Waals surface area contributed by atoms with Crippen LogP contribution >= 0.6 is 0 Å². The Labute approximate surface area is 208 Å². The summed E-state index contributed by atoms with van der Waals surface area (Å²) in [5.74, 6) is 0.948. The summed E-state index contributed by atoms with van der Waals surface area (Å²) in [6.07, 6.45) is -0.0916. The van der Waals surface area contributed by atoms with Gasteiger partial charge in [-0.25, -0.2) is 4.99 Å². The van der Waals surface area contributed by atoms with Crippen molar-refractivity contribution in [3.05, 3.63) is 127 Å². The first-order chi connectivity index (χ1) is 17.9. The molecule has 1 aromatic heterocycles. The highest BCUT2D eigenvalue weighted by Gasteiger charge is 2.40. The van der Waals surface area contributed by atoms with Crippen molar-refractivity contribution in [3.8, 4) is 5.69 Å². The summed E-state index contributed by atoms with van der Waals surface area (Å²) >= 11 is 0. The van der Waals surface area contributed by atoms with E-state index in [2.05, 4.69) is 136 Å². The number of aromatic nitrogens is 1. The van der Waals surface area contributed by atoms with Gasteiger partial charge in [0.2, 0.25) is 0 Å². The standard InChI is InChI=1S/C32H22N4/c1-2-12-23(13-3-1)35-27-16-8-6-14-25(27)29-31(35)33-30-26-15-7-9-17-28(26)36(32(30)34-29)24-19-18-21-10-4-5-11-22(21)20-24/h1-20,32,34H. The zero-order chi connectivity index (χ0) is 23.6. The van der Waals surface area contributed by atoms with Gasteiger partial charge in [0, 0.05) is 22.3 Å². The van der Waals surface area contributed by atoms with Crippen molar-refractivity contribution in [2.45, 2.75) is 6.17 Å². The minimum atomic E-state index is -0.0916. The molecule has 0 radical (unpaired) electrons. The number of benzene rings is 5. The Balaban J connectivity index is 1.37. The van der Waals surface area contributed by atoms with Gasteiger partial charge in [-0.1, -0.05) is 84.9 Å². The molecule has 5 aromatic carbocycles. The fourth-order valence-corrected chi connectivity index (χ4v) is 5.74. The van der Waals surface area contributed by atoms with Crippen LogP contribution in [-0.4, -0.2) is 16.4 Å². The van der Waals surface area contributed by atoms with Crippen LogP contribution in [0.5, 0.6) is 0 Å². The Bertz CT molecular complexity index is 1830. The highest BCUT2D eigenvalue weighted by Crippen LogP contribution is 2.48. The third-order valence-electron chi connectivity index (χ3n) is 7.34. The molecule has 36 heavy (non-hydrogen) atoms. The molecular formula is C32H22N4. The maximum absolute atomic E-state index is 5.38. The van der Waals surface area contributed by atoms with Crippen molar-refractivity contribution in [2.24, 2.45) is 4.99 Å². The molecule has 0 amide bonds. The van der Waals surface area contributed by atoms with Gasteiger partial charge < -0.3 is 10.2 Å². The summed E-state index contributed by atoms with van der Waals surface area (Å²) in [6.45, 7) is 0. The number of aliphatic imine (C=N–C) groups is 1. The monoisotopic (exact) mass is 462 g/mol. The molecule has 1 unspecified atom stereocenters. The minimum Gasteiger partial charge on any atom is -0.356 e. The molecule has 6 aromatic rings. The van der Waals surface area contributed by atoms with Gasteiger partial charge in [0.1, 0.15) is 6.17 Å². The minimum absolute atomic E-state index is 0.0916. The molecule has 0 saturated heterocycles. The van der Waals surface area contributed by atoms with Gasteiger partial charge in [0.15, 0.2) is 5.82 Å². The predicted molar refractivity (Wildman–Crippen MR) is 149 cm³/mol. The van der Waals surface area contributed by atoms with Crippen molar-refractivity contribution in [1.82, 2.24) is 4.57 Å². The van der Waals surface area contributed by atoms with Gasteiger partial charge in [-0.3, -0.25) is 4.57 Å². The second-order valence-electron chi connectivity index (χ2n) is 9.35. The molecule has 4 nitrogen and oxygen atoms in total. The Morgan fingerprint density at radius 2 is 1.39 bits per heavy atom. The lowest BCUT2D eigenvalue weighted by Crippen LogP contribution is -2.40. The number of para-hydroxylation sites is 3. The van der Waals surface area contributed by atoms with Gasteiger partial charge >= 0.3 is 0 Å². The summed E-state index contributed by atoms with van der Waals surface area (Å²) < 4.78 is 2.27. The molecule has 8 rings (SSSR count). The number of rotatable bonds is 2. The molecule has 170 valence electrons. The Morgan fingerprint density at radius 1 is 0.639 bits per heavy atom. The normalized spacial score (nSPS) is 15.8. The molecule has 0 aliphatic carbocycles. The SMILES string of the molecule is c1ccc(-n2c3c(c4ccccc42)NC2C(=N3)c3ccccc3N2c2ccc3ccccc3c2)cc1. The summed E-state index contributed by atoms with van der Waals surface area (Å²) in [7, 11) is 0. The van der Waals surface area contributed by atoms with Crippen molar-refractivity contribution in [1.29, 1.82) is 0 Å². The number of fused-ring (bicyclic) bond motifs is 7. The van der Waals surface area contributed by atoms with E-state index in [1.54, 1.807) is 0 Å². The molecule has 0 spiro atoms. The number of nitrogens with zero attached hydrogens (tertiary/aromatic N) is 3. The molecule has 0 saturated carbocycles. The zero-order valence-electron chi connectivity index (χ0n) is 19.5. The lowest BCUT2D eigenvalue weighted by molar-refractivity contribution is 0.933. The van der Waals surface area contributed by atoms with Gasteiger partial charge in [0.25, 0.3) is 0 Å². The van der Waals surface area contributed by atoms with Crippen molar-refractivity contribution < 1.29 is 0 Å². The summed E-state index contributed by atoms with van der Waals surface area (Å²) in [4.78, 5) is 7.76. The lowest BCUT2D eigenvalue weighted by atomic mass is 10.1. The van der Waals surface area contributed by atoms with Gasteiger partial charge in [-0.15, -0.1) is 0 Å². The van der Waals surface area contributed by atoms with Gasteiger partial charge in [0.05, 0.1) is 22.6 Å². The van der Waals surface area contributed by atoms with E-state index in [1.807, 2.05) is 0 Å². The fraction of sp³-hybridized carbons (Fsp3) is 0.0312. The average molecular weight is 463 g/mol. The number of hydrogen-bond acceptors (Lipinski definition) is 3. The quantitative estimate of drug-likeness (QED) is 0.285. The Morgan fingerprint density at radius 3 is 2.31 bits per heavy atom. The van der Waals surface area contributed by atoms with Crippen LogP contribution in [0.2, 0.25) is 0 Å². The van der Waals surface area contributed by atoms with Crippen molar-refractivity contribution >= 4 is 50.3 Å². The van der Waals surface area contributed by atoms with Crippen LogP contribution < -0.4 is 10.2 Å². The molecule has 0 fully saturated rings. The number of nitrogens with one attached hydrogen (secondary N) is 1. The maximum Gasteiger partial charge on any atom is 0.162 e. The van der Waals surface area contributed by atoms with Crippen molar-refractivity contribution in [3.63, 3.8) is 0 Å². The maximum atomic E-state index is 5.38. The molecule has 1 atom stereocenters. The van der Waals surface area contributed by atoms with Crippen molar-refractivity contribution in [2.75, 3.05) is 10.2 Å². The van der Waals surface area contributed by atoms with Crippen LogP contribution in [0.4, 0.5) is 22.9 Å². The van der Waals surface area contributed by atoms with Crippen LogP contribution in [0.25, 0.3) is 27.4 Å². The summed E-state index contributed by atoms with van der Waals surface area (Å²) in [5.41, 5.74) is 7.86. The van der Waals surface area contributed by atoms with E-state index in [0.717, 1.165) is 34.1 Å². The molecule has 4 heteroatoms. The first-order valence-corrected chi connectivity index (χ1v) is 12.3. The zero-order valence-corrected chi connectivity index (χ0v) is 19.5. The van der Waals surface area contributed by atoms with Crippen LogP contribution in [0, 0.1) is 0 Å². The van der Waals surface area contributed by atoms with E-state index in [9.17, 15) is 0 Å². The van der Waals surface area contributed by atoms with Crippen LogP contribution in [0.1, 0.15) is 5.56 Å². The van der Waals surface area contributed by atoms with Crippen LogP contribution in [0.3, 0.4) is 0 Å². The van der Waals surface area contributed by atoms with E-state index in [-0.39, 0.29) is 6.17 Å². The summed E-state index contributed by atoms with van der Waals surface area (Å²) in [5, 5.41) is 7.56. The van der Waals surface area contributed by atoms with Crippen LogP contribution in [0.15, 0.2) is 126 Å². The number of hydrogen-bond donors (Lipinski definition) is 1. The first kappa shape index (κ1) is 19.5. The molecular weight excluding hydrogens is 440 g/mol. The highest BCUT2D eigenvalue weighted by atomic mass is 15.3. The largest absolute Gasteiger partial charge is 0.356 e. The van der Waals surface area contributed by atoms with Crippen LogP contribution in [-0.2, 0) is 0 Å². The Hall–Kier alpha value is -4.83. The second-order valence-corrected chi connectivity index (χ2v) is 9.35. The third-order valence-corrected chi connectivity index (χ3v) is 7.34. The fourth-order valence-electron chi connectivity index (χ4n) is 5.74. The van der Waals surface area contributed by atoms with E-state index in [0.29, 0.717) is 0 Å². The van der Waals surface area contributed by atoms with E-state index < -0.39 is 0 Å². The summed E-state index contributed by atoms with van der Waals surface area (Å²) in [6, 6.07) is 42.9. The molecule has 3 heterocycles. The molecule has 2 aliphatic heterocycles.